The molecule has 1 aromatic rings. The second-order valence-corrected chi connectivity index (χ2v) is 5.55. The van der Waals surface area contributed by atoms with Crippen molar-refractivity contribution in [3.63, 3.8) is 0 Å². The van der Waals surface area contributed by atoms with Crippen LogP contribution < -0.4 is 0 Å². The van der Waals surface area contributed by atoms with Gasteiger partial charge in [-0.15, -0.1) is 11.6 Å². The molecule has 0 aliphatic heterocycles. The molecule has 5 heteroatoms. The van der Waals surface area contributed by atoms with Gasteiger partial charge in [-0.25, -0.2) is 8.78 Å². The number of amides is 1. The van der Waals surface area contributed by atoms with Gasteiger partial charge in [-0.2, -0.15) is 0 Å². The smallest absolute Gasteiger partial charge is 0.229 e. The number of alkyl halides is 1. The highest BCUT2D eigenvalue weighted by Crippen LogP contribution is 2.27. The van der Waals surface area contributed by atoms with E-state index in [4.69, 9.17) is 11.6 Å². The first-order valence-electron chi connectivity index (χ1n) is 5.99. The van der Waals surface area contributed by atoms with Crippen molar-refractivity contribution in [2.45, 2.75) is 26.8 Å². The summed E-state index contributed by atoms with van der Waals surface area (Å²) >= 11 is 5.77. The predicted molar refractivity (Wildman–Crippen MR) is 72.0 cm³/mol. The van der Waals surface area contributed by atoms with Crippen molar-refractivity contribution in [3.8, 4) is 0 Å². The van der Waals surface area contributed by atoms with Gasteiger partial charge in [-0.05, 0) is 38.5 Å². The largest absolute Gasteiger partial charge is 0.338 e. The van der Waals surface area contributed by atoms with Gasteiger partial charge >= 0.3 is 0 Å². The maximum Gasteiger partial charge on any atom is 0.229 e. The molecule has 0 aromatic heterocycles. The molecular formula is C14H18ClF2NO. The van der Waals surface area contributed by atoms with E-state index in [1.165, 1.54) is 11.0 Å². The molecule has 0 saturated carbocycles. The molecular weight excluding hydrogens is 272 g/mol. The summed E-state index contributed by atoms with van der Waals surface area (Å²) in [6, 6.07) is 3.29. The Balaban J connectivity index is 2.96. The molecule has 0 spiro atoms. The van der Waals surface area contributed by atoms with Gasteiger partial charge in [0.1, 0.15) is 0 Å². The van der Waals surface area contributed by atoms with E-state index in [0.29, 0.717) is 5.56 Å². The lowest BCUT2D eigenvalue weighted by molar-refractivity contribution is -0.139. The number of hydrogen-bond donors (Lipinski definition) is 0. The lowest BCUT2D eigenvalue weighted by Gasteiger charge is -2.32. The Kier molecular flexibility index (Phi) is 4.91. The van der Waals surface area contributed by atoms with Crippen LogP contribution in [0, 0.1) is 17.0 Å². The lowest BCUT2D eigenvalue weighted by atomic mass is 9.93. The number of hydrogen-bond acceptors (Lipinski definition) is 1. The predicted octanol–water partition coefficient (Wildman–Crippen LogP) is 3.75. The molecule has 0 saturated heterocycles. The van der Waals surface area contributed by atoms with E-state index in [1.807, 2.05) is 0 Å². The van der Waals surface area contributed by atoms with E-state index in [9.17, 15) is 13.6 Å². The van der Waals surface area contributed by atoms with Crippen molar-refractivity contribution >= 4 is 17.5 Å². The van der Waals surface area contributed by atoms with Gasteiger partial charge in [0.25, 0.3) is 0 Å². The topological polar surface area (TPSA) is 20.3 Å². The maximum atomic E-state index is 13.2. The normalized spacial score (nSPS) is 13.2. The number of nitrogens with zero attached hydrogens (tertiary/aromatic N) is 1. The van der Waals surface area contributed by atoms with Crippen molar-refractivity contribution in [1.82, 2.24) is 4.90 Å². The van der Waals surface area contributed by atoms with E-state index in [-0.39, 0.29) is 17.8 Å². The van der Waals surface area contributed by atoms with Gasteiger partial charge < -0.3 is 4.90 Å². The fourth-order valence-electron chi connectivity index (χ4n) is 1.71. The zero-order chi connectivity index (χ0) is 14.8. The number of rotatable bonds is 4. The second-order valence-electron chi connectivity index (χ2n) is 5.28. The summed E-state index contributed by atoms with van der Waals surface area (Å²) in [4.78, 5) is 13.7. The first kappa shape index (κ1) is 15.9. The van der Waals surface area contributed by atoms with Gasteiger partial charge in [-0.1, -0.05) is 6.07 Å². The molecule has 1 atom stereocenters. The van der Waals surface area contributed by atoms with Crippen molar-refractivity contribution in [2.24, 2.45) is 5.41 Å². The molecule has 106 valence electrons. The van der Waals surface area contributed by atoms with Gasteiger partial charge in [0.2, 0.25) is 5.91 Å². The molecule has 0 aliphatic rings. The van der Waals surface area contributed by atoms with Crippen LogP contribution in [-0.2, 0) is 4.79 Å². The summed E-state index contributed by atoms with van der Waals surface area (Å²) in [6.07, 6.45) is 0. The van der Waals surface area contributed by atoms with E-state index >= 15 is 0 Å². The Morgan fingerprint density at radius 2 is 1.95 bits per heavy atom. The minimum absolute atomic E-state index is 0.139. The summed E-state index contributed by atoms with van der Waals surface area (Å²) in [5.41, 5.74) is -0.150. The third-order valence-corrected chi connectivity index (χ3v) is 3.91. The molecule has 0 heterocycles. The molecule has 0 N–H and O–H groups in total. The van der Waals surface area contributed by atoms with E-state index in [0.717, 1.165) is 12.1 Å². The van der Waals surface area contributed by atoms with Gasteiger partial charge in [-0.3, -0.25) is 4.79 Å². The molecule has 1 rings (SSSR count). The Bertz CT molecular complexity index is 477. The number of halogens is 3. The van der Waals surface area contributed by atoms with Crippen LogP contribution in [0.2, 0.25) is 0 Å². The SMILES string of the molecule is CC(c1ccc(F)c(F)c1)N(C)C(=O)C(C)(C)CCl. The van der Waals surface area contributed by atoms with E-state index in [1.54, 1.807) is 27.8 Å². The Morgan fingerprint density at radius 3 is 2.42 bits per heavy atom. The van der Waals surface area contributed by atoms with E-state index in [2.05, 4.69) is 0 Å². The van der Waals surface area contributed by atoms with Crippen LogP contribution in [0.4, 0.5) is 8.78 Å². The number of benzene rings is 1. The van der Waals surface area contributed by atoms with Crippen LogP contribution in [-0.4, -0.2) is 23.7 Å². The summed E-state index contributed by atoms with van der Waals surface area (Å²) in [5.74, 6) is -1.76. The summed E-state index contributed by atoms with van der Waals surface area (Å²) in [7, 11) is 1.63. The molecule has 0 fully saturated rings. The molecule has 1 aromatic carbocycles. The van der Waals surface area contributed by atoms with Crippen LogP contribution >= 0.6 is 11.6 Å². The second kappa shape index (κ2) is 5.87. The molecule has 0 aliphatic carbocycles. The first-order chi connectivity index (χ1) is 8.70. The van der Waals surface area contributed by atoms with Crippen LogP contribution in [0.15, 0.2) is 18.2 Å². The van der Waals surface area contributed by atoms with Gasteiger partial charge in [0.15, 0.2) is 11.6 Å². The average molecular weight is 290 g/mol. The van der Waals surface area contributed by atoms with Gasteiger partial charge in [0.05, 0.1) is 11.5 Å². The zero-order valence-electron chi connectivity index (χ0n) is 11.5. The molecule has 0 bridgehead atoms. The Morgan fingerprint density at radius 1 is 1.37 bits per heavy atom. The Labute approximate surface area is 117 Å². The summed E-state index contributed by atoms with van der Waals surface area (Å²) in [5, 5.41) is 0. The standard InChI is InChI=1S/C14H18ClF2NO/c1-9(10-5-6-11(16)12(17)7-10)18(4)13(19)14(2,3)8-15/h5-7,9H,8H2,1-4H3. The summed E-state index contributed by atoms with van der Waals surface area (Å²) in [6.45, 7) is 5.25. The quantitative estimate of drug-likeness (QED) is 0.773. The molecule has 0 radical (unpaired) electrons. The third-order valence-electron chi connectivity index (χ3n) is 3.24. The monoisotopic (exact) mass is 289 g/mol. The molecule has 19 heavy (non-hydrogen) atoms. The fourth-order valence-corrected chi connectivity index (χ4v) is 1.82. The lowest BCUT2D eigenvalue weighted by Crippen LogP contribution is -2.40. The van der Waals surface area contributed by atoms with E-state index < -0.39 is 17.0 Å². The third kappa shape index (κ3) is 3.44. The van der Waals surface area contributed by atoms with Crippen molar-refractivity contribution in [2.75, 3.05) is 12.9 Å². The average Bonchev–Trinajstić information content (AvgIpc) is 2.39. The van der Waals surface area contributed by atoms with Crippen molar-refractivity contribution < 1.29 is 13.6 Å². The van der Waals surface area contributed by atoms with Crippen molar-refractivity contribution in [3.05, 3.63) is 35.4 Å². The highest BCUT2D eigenvalue weighted by Gasteiger charge is 2.32. The fraction of sp³-hybridized carbons (Fsp3) is 0.500. The van der Waals surface area contributed by atoms with Crippen LogP contribution in [0.1, 0.15) is 32.4 Å². The minimum atomic E-state index is -0.915. The highest BCUT2D eigenvalue weighted by atomic mass is 35.5. The molecule has 1 amide bonds. The molecule has 1 unspecified atom stereocenters. The van der Waals surface area contributed by atoms with Gasteiger partial charge in [0, 0.05) is 12.9 Å². The van der Waals surface area contributed by atoms with Crippen LogP contribution in [0.5, 0.6) is 0 Å². The highest BCUT2D eigenvalue weighted by molar-refractivity contribution is 6.19. The number of carbonyl (C=O) groups is 1. The first-order valence-corrected chi connectivity index (χ1v) is 6.52. The van der Waals surface area contributed by atoms with Crippen molar-refractivity contribution in [1.29, 1.82) is 0 Å². The maximum absolute atomic E-state index is 13.2. The number of carbonyl (C=O) groups excluding carboxylic acids is 1. The zero-order valence-corrected chi connectivity index (χ0v) is 12.3. The Hall–Kier alpha value is -1.16. The summed E-state index contributed by atoms with van der Waals surface area (Å²) < 4.78 is 26.1. The van der Waals surface area contributed by atoms with Crippen LogP contribution in [0.25, 0.3) is 0 Å². The molecule has 2 nitrogen and oxygen atoms in total. The van der Waals surface area contributed by atoms with Crippen LogP contribution in [0.3, 0.4) is 0 Å². The minimum Gasteiger partial charge on any atom is -0.338 e.